The predicted molar refractivity (Wildman–Crippen MR) is 121 cm³/mol. The van der Waals surface area contributed by atoms with Crippen molar-refractivity contribution in [1.29, 1.82) is 0 Å². The number of benzene rings is 1. The van der Waals surface area contributed by atoms with E-state index >= 15 is 0 Å². The van der Waals surface area contributed by atoms with Crippen LogP contribution in [-0.2, 0) is 18.2 Å². The van der Waals surface area contributed by atoms with Crippen molar-refractivity contribution < 1.29 is 9.53 Å². The van der Waals surface area contributed by atoms with Crippen LogP contribution in [0.1, 0.15) is 45.0 Å². The van der Waals surface area contributed by atoms with Crippen LogP contribution in [-0.4, -0.2) is 28.0 Å². The summed E-state index contributed by atoms with van der Waals surface area (Å²) in [4.78, 5) is 13.3. The van der Waals surface area contributed by atoms with E-state index in [2.05, 4.69) is 27.9 Å². The van der Waals surface area contributed by atoms with E-state index in [0.717, 1.165) is 22.6 Å². The monoisotopic (exact) mass is 428 g/mol. The minimum absolute atomic E-state index is 0.0194. The fraction of sp³-hybridized carbons (Fsp3) is 0.286. The smallest absolute Gasteiger partial charge is 0.340 e. The number of methoxy groups -OCH3 is 1. The number of aryl methyl sites for hydroxylation is 1. The van der Waals surface area contributed by atoms with Gasteiger partial charge < -0.3 is 15.4 Å². The molecule has 3 aromatic rings. The maximum Gasteiger partial charge on any atom is 0.340 e. The molecule has 1 aromatic carbocycles. The number of hydrogen-bond acceptors (Lipinski definition) is 5. The summed E-state index contributed by atoms with van der Waals surface area (Å²) in [5.74, 6) is -0.387. The van der Waals surface area contributed by atoms with Crippen molar-refractivity contribution in [2.24, 2.45) is 7.05 Å². The van der Waals surface area contributed by atoms with Crippen LogP contribution >= 0.6 is 23.6 Å². The van der Waals surface area contributed by atoms with Crippen LogP contribution in [0.4, 0.5) is 5.00 Å². The number of thiocarbonyl (C=S) groups is 1. The molecule has 0 aliphatic rings. The van der Waals surface area contributed by atoms with Gasteiger partial charge in [-0.15, -0.1) is 11.3 Å². The van der Waals surface area contributed by atoms with Gasteiger partial charge in [-0.2, -0.15) is 5.10 Å². The van der Waals surface area contributed by atoms with Gasteiger partial charge in [0.2, 0.25) is 0 Å². The number of ether oxygens (including phenoxy) is 1. The summed E-state index contributed by atoms with van der Waals surface area (Å²) in [6.45, 7) is 4.04. The van der Waals surface area contributed by atoms with Crippen LogP contribution < -0.4 is 10.6 Å². The van der Waals surface area contributed by atoms with Gasteiger partial charge in [0, 0.05) is 29.6 Å². The summed E-state index contributed by atoms with van der Waals surface area (Å²) in [5.41, 5.74) is 3.81. The average molecular weight is 429 g/mol. The van der Waals surface area contributed by atoms with Crippen molar-refractivity contribution in [3.63, 3.8) is 0 Å². The number of carbonyl (C=O) groups excluding carboxylic acids is 1. The van der Waals surface area contributed by atoms with Crippen LogP contribution in [0, 0.1) is 6.92 Å². The van der Waals surface area contributed by atoms with Crippen LogP contribution in [0.25, 0.3) is 0 Å². The summed E-state index contributed by atoms with van der Waals surface area (Å²) >= 11 is 6.99. The summed E-state index contributed by atoms with van der Waals surface area (Å²) < 4.78 is 6.77. The fourth-order valence-corrected chi connectivity index (χ4v) is 4.46. The molecular weight excluding hydrogens is 404 g/mol. The fourth-order valence-electron chi connectivity index (χ4n) is 3.04. The lowest BCUT2D eigenvalue weighted by Gasteiger charge is -2.16. The molecule has 8 heteroatoms. The number of esters is 1. The Balaban J connectivity index is 1.75. The minimum atomic E-state index is -0.387. The Bertz CT molecular complexity index is 1010. The first-order valence-electron chi connectivity index (χ1n) is 9.20. The molecule has 6 nitrogen and oxygen atoms in total. The lowest BCUT2D eigenvalue weighted by Crippen LogP contribution is -2.31. The van der Waals surface area contributed by atoms with E-state index in [1.54, 1.807) is 0 Å². The molecule has 1 unspecified atom stereocenters. The Morgan fingerprint density at radius 3 is 2.69 bits per heavy atom. The summed E-state index contributed by atoms with van der Waals surface area (Å²) in [6, 6.07) is 12.0. The lowest BCUT2D eigenvalue weighted by atomic mass is 10.1. The molecular formula is C21H24N4O2S2. The van der Waals surface area contributed by atoms with Crippen molar-refractivity contribution in [2.45, 2.75) is 26.3 Å². The number of nitrogens with zero attached hydrogens (tertiary/aromatic N) is 2. The highest BCUT2D eigenvalue weighted by Crippen LogP contribution is 2.30. The maximum absolute atomic E-state index is 12.2. The number of anilines is 1. The molecule has 0 fully saturated rings. The normalized spacial score (nSPS) is 11.7. The third-order valence-corrected chi connectivity index (χ3v) is 5.99. The molecule has 0 saturated carbocycles. The molecule has 0 bridgehead atoms. The molecule has 0 amide bonds. The van der Waals surface area contributed by atoms with E-state index in [4.69, 9.17) is 17.0 Å². The highest BCUT2D eigenvalue weighted by Gasteiger charge is 2.19. The molecule has 29 heavy (non-hydrogen) atoms. The zero-order chi connectivity index (χ0) is 21.0. The van der Waals surface area contributed by atoms with E-state index < -0.39 is 0 Å². The van der Waals surface area contributed by atoms with E-state index in [1.807, 2.05) is 56.0 Å². The van der Waals surface area contributed by atoms with Gasteiger partial charge in [-0.05, 0) is 37.7 Å². The highest BCUT2D eigenvalue weighted by atomic mass is 32.1. The Hall–Kier alpha value is -2.71. The molecule has 3 rings (SSSR count). The molecule has 0 radical (unpaired) electrons. The van der Waals surface area contributed by atoms with Crippen molar-refractivity contribution >= 4 is 39.6 Å². The molecule has 2 aromatic heterocycles. The SMILES string of the molecule is COC(=O)c1cc(Cc2ccccc2)sc1NC(=S)NC(C)c1cnn(C)c1C. The molecule has 1 atom stereocenters. The van der Waals surface area contributed by atoms with Crippen LogP contribution in [0.5, 0.6) is 0 Å². The highest BCUT2D eigenvalue weighted by molar-refractivity contribution is 7.80. The third kappa shape index (κ3) is 5.02. The van der Waals surface area contributed by atoms with Crippen molar-refractivity contribution in [2.75, 3.05) is 12.4 Å². The second kappa shape index (κ2) is 9.19. The number of carbonyl (C=O) groups is 1. The van der Waals surface area contributed by atoms with Gasteiger partial charge >= 0.3 is 5.97 Å². The Kier molecular flexibility index (Phi) is 6.66. The molecule has 0 saturated heterocycles. The van der Waals surface area contributed by atoms with Gasteiger partial charge in [0.25, 0.3) is 0 Å². The second-order valence-electron chi connectivity index (χ2n) is 6.74. The minimum Gasteiger partial charge on any atom is -0.465 e. The Morgan fingerprint density at radius 2 is 2.07 bits per heavy atom. The van der Waals surface area contributed by atoms with Crippen LogP contribution in [0.15, 0.2) is 42.6 Å². The second-order valence-corrected chi connectivity index (χ2v) is 8.28. The first-order chi connectivity index (χ1) is 13.9. The average Bonchev–Trinajstić information content (AvgIpc) is 3.25. The predicted octanol–water partition coefficient (Wildman–Crippen LogP) is 4.22. The van der Waals surface area contributed by atoms with Gasteiger partial charge in [0.1, 0.15) is 5.00 Å². The Labute approximate surface area is 179 Å². The third-order valence-electron chi connectivity index (χ3n) is 4.72. The van der Waals surface area contributed by atoms with Crippen molar-refractivity contribution in [3.8, 4) is 0 Å². The summed E-state index contributed by atoms with van der Waals surface area (Å²) in [5, 5.41) is 11.8. The summed E-state index contributed by atoms with van der Waals surface area (Å²) in [6.07, 6.45) is 2.57. The summed E-state index contributed by atoms with van der Waals surface area (Å²) in [7, 11) is 3.29. The van der Waals surface area contributed by atoms with E-state index in [1.165, 1.54) is 24.0 Å². The standard InChI is InChI=1S/C21H24N4O2S2/c1-13(18-12-22-25(3)14(18)2)23-21(28)24-19-17(20(26)27-4)11-16(29-19)10-15-8-6-5-7-9-15/h5-9,11-13H,10H2,1-4H3,(H2,23,24,28). The van der Waals surface area contributed by atoms with Gasteiger partial charge in [0.05, 0.1) is 24.9 Å². The molecule has 152 valence electrons. The van der Waals surface area contributed by atoms with E-state index in [9.17, 15) is 4.79 Å². The lowest BCUT2D eigenvalue weighted by molar-refractivity contribution is 0.0602. The zero-order valence-corrected chi connectivity index (χ0v) is 18.5. The van der Waals surface area contributed by atoms with Crippen molar-refractivity contribution in [3.05, 3.63) is 69.9 Å². The quantitative estimate of drug-likeness (QED) is 0.453. The number of aromatic nitrogens is 2. The van der Waals surface area contributed by atoms with E-state index in [0.29, 0.717) is 15.7 Å². The number of hydrogen-bond donors (Lipinski definition) is 2. The topological polar surface area (TPSA) is 68.2 Å². The number of thiophene rings is 1. The zero-order valence-electron chi connectivity index (χ0n) is 16.9. The number of rotatable bonds is 6. The Morgan fingerprint density at radius 1 is 1.34 bits per heavy atom. The van der Waals surface area contributed by atoms with Gasteiger partial charge in [-0.25, -0.2) is 4.79 Å². The number of nitrogens with one attached hydrogen (secondary N) is 2. The largest absolute Gasteiger partial charge is 0.465 e. The maximum atomic E-state index is 12.2. The van der Waals surface area contributed by atoms with Gasteiger partial charge in [0.15, 0.2) is 5.11 Å². The van der Waals surface area contributed by atoms with E-state index in [-0.39, 0.29) is 12.0 Å². The molecule has 0 aliphatic carbocycles. The van der Waals surface area contributed by atoms with Crippen LogP contribution in [0.3, 0.4) is 0 Å². The molecule has 2 heterocycles. The molecule has 0 spiro atoms. The first kappa shape index (κ1) is 21.0. The van der Waals surface area contributed by atoms with Gasteiger partial charge in [-0.3, -0.25) is 4.68 Å². The first-order valence-corrected chi connectivity index (χ1v) is 10.4. The molecule has 0 aliphatic heterocycles. The molecule has 2 N–H and O–H groups in total. The van der Waals surface area contributed by atoms with Crippen molar-refractivity contribution in [1.82, 2.24) is 15.1 Å². The van der Waals surface area contributed by atoms with Crippen LogP contribution in [0.2, 0.25) is 0 Å². The van der Waals surface area contributed by atoms with Gasteiger partial charge in [-0.1, -0.05) is 30.3 Å².